The number of rotatable bonds is 6. The molecule has 122 valence electrons. The molecule has 6 nitrogen and oxygen atoms in total. The molecule has 0 fully saturated rings. The summed E-state index contributed by atoms with van der Waals surface area (Å²) in [6.07, 6.45) is 1.48. The standard InChI is InChI=1S/C17H21N3O3/c1-12-4-5-13(2)15(8-12)23-10-16(21)18-6-7-20-11-19-14(3)9-17(20)22/h4-5,8-9,11H,6-7,10H2,1-3H3,(H,18,21). The molecular formula is C17H21N3O3. The average molecular weight is 315 g/mol. The van der Waals surface area contributed by atoms with Crippen molar-refractivity contribution in [1.82, 2.24) is 14.9 Å². The molecule has 0 saturated carbocycles. The lowest BCUT2D eigenvalue weighted by atomic mass is 10.1. The molecule has 0 bridgehead atoms. The topological polar surface area (TPSA) is 73.2 Å². The summed E-state index contributed by atoms with van der Waals surface area (Å²) in [4.78, 5) is 27.5. The van der Waals surface area contributed by atoms with Gasteiger partial charge in [-0.25, -0.2) is 4.98 Å². The molecule has 2 aromatic rings. The van der Waals surface area contributed by atoms with E-state index in [-0.39, 0.29) is 18.1 Å². The van der Waals surface area contributed by atoms with E-state index in [1.807, 2.05) is 32.0 Å². The van der Waals surface area contributed by atoms with Crippen molar-refractivity contribution >= 4 is 5.91 Å². The quantitative estimate of drug-likeness (QED) is 0.873. The van der Waals surface area contributed by atoms with Crippen molar-refractivity contribution in [2.75, 3.05) is 13.2 Å². The molecular weight excluding hydrogens is 294 g/mol. The van der Waals surface area contributed by atoms with Crippen LogP contribution in [0.4, 0.5) is 0 Å². The van der Waals surface area contributed by atoms with Crippen LogP contribution >= 0.6 is 0 Å². The van der Waals surface area contributed by atoms with E-state index in [9.17, 15) is 9.59 Å². The zero-order chi connectivity index (χ0) is 16.8. The largest absolute Gasteiger partial charge is 0.483 e. The van der Waals surface area contributed by atoms with Crippen LogP contribution in [-0.4, -0.2) is 28.6 Å². The highest BCUT2D eigenvalue weighted by Gasteiger charge is 2.05. The lowest BCUT2D eigenvalue weighted by molar-refractivity contribution is -0.123. The Labute approximate surface area is 135 Å². The Morgan fingerprint density at radius 1 is 1.26 bits per heavy atom. The first-order valence-corrected chi connectivity index (χ1v) is 7.45. The first kappa shape index (κ1) is 16.7. The maximum atomic E-state index is 11.8. The van der Waals surface area contributed by atoms with Crippen molar-refractivity contribution in [1.29, 1.82) is 0 Å². The first-order valence-electron chi connectivity index (χ1n) is 7.45. The van der Waals surface area contributed by atoms with Gasteiger partial charge in [0.15, 0.2) is 6.61 Å². The van der Waals surface area contributed by atoms with Crippen LogP contribution in [0.5, 0.6) is 5.75 Å². The fourth-order valence-electron chi connectivity index (χ4n) is 2.06. The van der Waals surface area contributed by atoms with E-state index in [4.69, 9.17) is 4.74 Å². The number of ether oxygens (including phenoxy) is 1. The third-order valence-electron chi connectivity index (χ3n) is 3.39. The van der Waals surface area contributed by atoms with Gasteiger partial charge < -0.3 is 10.1 Å². The summed E-state index contributed by atoms with van der Waals surface area (Å²) in [6.45, 7) is 6.34. The Balaban J connectivity index is 1.79. The van der Waals surface area contributed by atoms with Gasteiger partial charge in [-0.1, -0.05) is 12.1 Å². The van der Waals surface area contributed by atoms with Gasteiger partial charge in [-0.05, 0) is 38.0 Å². The summed E-state index contributed by atoms with van der Waals surface area (Å²) in [6, 6.07) is 7.32. The van der Waals surface area contributed by atoms with E-state index in [0.717, 1.165) is 11.1 Å². The molecule has 0 aliphatic heterocycles. The molecule has 6 heteroatoms. The molecule has 1 aromatic heterocycles. The Bertz CT molecular complexity index is 753. The van der Waals surface area contributed by atoms with Crippen molar-refractivity contribution in [2.24, 2.45) is 0 Å². The van der Waals surface area contributed by atoms with Gasteiger partial charge in [-0.2, -0.15) is 0 Å². The van der Waals surface area contributed by atoms with Crippen LogP contribution in [-0.2, 0) is 11.3 Å². The van der Waals surface area contributed by atoms with E-state index >= 15 is 0 Å². The number of hydrogen-bond acceptors (Lipinski definition) is 4. The number of hydrogen-bond donors (Lipinski definition) is 1. The third-order valence-corrected chi connectivity index (χ3v) is 3.39. The number of aromatic nitrogens is 2. The van der Waals surface area contributed by atoms with Crippen molar-refractivity contribution in [3.63, 3.8) is 0 Å². The van der Waals surface area contributed by atoms with E-state index in [1.165, 1.54) is 17.0 Å². The van der Waals surface area contributed by atoms with Gasteiger partial charge in [0.25, 0.3) is 11.5 Å². The van der Waals surface area contributed by atoms with Gasteiger partial charge >= 0.3 is 0 Å². The molecule has 0 atom stereocenters. The lowest BCUT2D eigenvalue weighted by Crippen LogP contribution is -2.33. The maximum absolute atomic E-state index is 11.8. The molecule has 0 aliphatic rings. The number of carbonyl (C=O) groups is 1. The third kappa shape index (κ3) is 4.95. The van der Waals surface area contributed by atoms with Gasteiger partial charge in [0.05, 0.1) is 6.33 Å². The molecule has 2 rings (SSSR count). The normalized spacial score (nSPS) is 10.4. The number of nitrogens with one attached hydrogen (secondary N) is 1. The second-order valence-corrected chi connectivity index (χ2v) is 5.47. The number of carbonyl (C=O) groups excluding carboxylic acids is 1. The summed E-state index contributed by atoms with van der Waals surface area (Å²) in [5, 5.41) is 2.73. The summed E-state index contributed by atoms with van der Waals surface area (Å²) < 4.78 is 6.99. The number of benzene rings is 1. The maximum Gasteiger partial charge on any atom is 0.258 e. The Morgan fingerprint density at radius 3 is 2.78 bits per heavy atom. The van der Waals surface area contributed by atoms with Crippen LogP contribution in [0, 0.1) is 20.8 Å². The highest BCUT2D eigenvalue weighted by Crippen LogP contribution is 2.18. The molecule has 1 N–H and O–H groups in total. The lowest BCUT2D eigenvalue weighted by Gasteiger charge is -2.11. The summed E-state index contributed by atoms with van der Waals surface area (Å²) in [7, 11) is 0. The molecule has 1 aromatic carbocycles. The fourth-order valence-corrected chi connectivity index (χ4v) is 2.06. The molecule has 1 heterocycles. The van der Waals surface area contributed by atoms with Crippen LogP contribution in [0.15, 0.2) is 35.4 Å². The second-order valence-electron chi connectivity index (χ2n) is 5.47. The zero-order valence-electron chi connectivity index (χ0n) is 13.6. The first-order chi connectivity index (χ1) is 11.0. The van der Waals surface area contributed by atoms with Gasteiger partial charge in [-0.3, -0.25) is 14.2 Å². The van der Waals surface area contributed by atoms with Crippen molar-refractivity contribution in [3.8, 4) is 5.75 Å². The number of aryl methyl sites for hydroxylation is 3. The van der Waals surface area contributed by atoms with E-state index in [0.29, 0.717) is 24.5 Å². The summed E-state index contributed by atoms with van der Waals surface area (Å²) in [5.41, 5.74) is 2.62. The summed E-state index contributed by atoms with van der Waals surface area (Å²) in [5.74, 6) is 0.484. The van der Waals surface area contributed by atoms with Crippen LogP contribution in [0.3, 0.4) is 0 Å². The molecule has 0 unspecified atom stereocenters. The SMILES string of the molecule is Cc1ccc(C)c(OCC(=O)NCCn2cnc(C)cc2=O)c1. The molecule has 23 heavy (non-hydrogen) atoms. The molecule has 1 amide bonds. The van der Waals surface area contributed by atoms with E-state index in [2.05, 4.69) is 10.3 Å². The molecule has 0 radical (unpaired) electrons. The van der Waals surface area contributed by atoms with Gasteiger partial charge in [-0.15, -0.1) is 0 Å². The Kier molecular flexibility index (Phi) is 5.51. The second kappa shape index (κ2) is 7.58. The zero-order valence-corrected chi connectivity index (χ0v) is 13.6. The molecule has 0 spiro atoms. The Hall–Kier alpha value is -2.63. The molecule has 0 aliphatic carbocycles. The van der Waals surface area contributed by atoms with E-state index in [1.54, 1.807) is 6.92 Å². The number of nitrogens with zero attached hydrogens (tertiary/aromatic N) is 2. The van der Waals surface area contributed by atoms with Crippen molar-refractivity contribution in [2.45, 2.75) is 27.3 Å². The minimum atomic E-state index is -0.223. The van der Waals surface area contributed by atoms with Gasteiger partial charge in [0.1, 0.15) is 5.75 Å². The average Bonchev–Trinajstić information content (AvgIpc) is 2.50. The summed E-state index contributed by atoms with van der Waals surface area (Å²) >= 11 is 0. The minimum Gasteiger partial charge on any atom is -0.483 e. The highest BCUT2D eigenvalue weighted by atomic mass is 16.5. The van der Waals surface area contributed by atoms with Gasteiger partial charge in [0, 0.05) is 24.8 Å². The van der Waals surface area contributed by atoms with Gasteiger partial charge in [0.2, 0.25) is 0 Å². The number of amides is 1. The van der Waals surface area contributed by atoms with Crippen molar-refractivity contribution in [3.05, 3.63) is 57.8 Å². The van der Waals surface area contributed by atoms with E-state index < -0.39 is 0 Å². The minimum absolute atomic E-state index is 0.0503. The monoisotopic (exact) mass is 315 g/mol. The van der Waals surface area contributed by atoms with Crippen LogP contribution in [0.1, 0.15) is 16.8 Å². The van der Waals surface area contributed by atoms with Crippen molar-refractivity contribution < 1.29 is 9.53 Å². The van der Waals surface area contributed by atoms with Crippen LogP contribution < -0.4 is 15.6 Å². The highest BCUT2D eigenvalue weighted by molar-refractivity contribution is 5.77. The predicted molar refractivity (Wildman–Crippen MR) is 87.7 cm³/mol. The van der Waals surface area contributed by atoms with Crippen LogP contribution in [0.2, 0.25) is 0 Å². The molecule has 0 saturated heterocycles. The predicted octanol–water partition coefficient (Wildman–Crippen LogP) is 1.36. The fraction of sp³-hybridized carbons (Fsp3) is 0.353. The smallest absolute Gasteiger partial charge is 0.258 e. The van der Waals surface area contributed by atoms with Crippen LogP contribution in [0.25, 0.3) is 0 Å². The Morgan fingerprint density at radius 2 is 2.04 bits per heavy atom.